The van der Waals surface area contributed by atoms with Gasteiger partial charge in [0, 0.05) is 24.3 Å². The van der Waals surface area contributed by atoms with Gasteiger partial charge in [-0.1, -0.05) is 12.6 Å². The normalized spacial score (nSPS) is 10.4. The third-order valence-corrected chi connectivity index (χ3v) is 2.77. The minimum absolute atomic E-state index is 0.0744. The van der Waals surface area contributed by atoms with Crippen LogP contribution in [0.3, 0.4) is 0 Å². The second-order valence-corrected chi connectivity index (χ2v) is 4.97. The standard InChI is InChI=1S/C15H19N5O/c1-10(2)19-15(21)14-6-4-5-13(20-14)11(3)16-7-12-8-17-18-9-12/h4-6,8-10,16H,3,7H2,1-2H3,(H,17,18)(H,19,21). The Bertz CT molecular complexity index is 619. The third-order valence-electron chi connectivity index (χ3n) is 2.77. The van der Waals surface area contributed by atoms with Gasteiger partial charge in [0.15, 0.2) is 0 Å². The summed E-state index contributed by atoms with van der Waals surface area (Å²) in [6.07, 6.45) is 3.54. The number of aromatic amines is 1. The molecule has 2 rings (SSSR count). The maximum Gasteiger partial charge on any atom is 0.270 e. The van der Waals surface area contributed by atoms with Crippen molar-refractivity contribution in [3.05, 3.63) is 54.1 Å². The number of hydrogen-bond acceptors (Lipinski definition) is 4. The van der Waals surface area contributed by atoms with Crippen LogP contribution < -0.4 is 10.6 Å². The topological polar surface area (TPSA) is 82.7 Å². The van der Waals surface area contributed by atoms with Gasteiger partial charge in [0.25, 0.3) is 5.91 Å². The molecule has 0 unspecified atom stereocenters. The molecule has 2 aromatic heterocycles. The zero-order chi connectivity index (χ0) is 15.2. The molecule has 0 saturated carbocycles. The van der Waals surface area contributed by atoms with E-state index in [9.17, 15) is 4.79 Å². The largest absolute Gasteiger partial charge is 0.380 e. The third kappa shape index (κ3) is 4.17. The summed E-state index contributed by atoms with van der Waals surface area (Å²) in [5.74, 6) is -0.186. The van der Waals surface area contributed by atoms with Gasteiger partial charge in [-0.05, 0) is 26.0 Å². The van der Waals surface area contributed by atoms with Gasteiger partial charge in [0.2, 0.25) is 0 Å². The predicted octanol–water partition coefficient (Wildman–Crippen LogP) is 1.70. The van der Waals surface area contributed by atoms with Crippen molar-refractivity contribution in [3.8, 4) is 0 Å². The molecule has 3 N–H and O–H groups in total. The number of H-pyrrole nitrogens is 1. The quantitative estimate of drug-likeness (QED) is 0.754. The number of amides is 1. The van der Waals surface area contributed by atoms with Crippen molar-refractivity contribution in [2.24, 2.45) is 0 Å². The minimum atomic E-state index is -0.186. The molecule has 2 aromatic rings. The molecule has 6 heteroatoms. The van der Waals surface area contributed by atoms with Gasteiger partial charge < -0.3 is 10.6 Å². The van der Waals surface area contributed by atoms with Gasteiger partial charge in [0.1, 0.15) is 5.69 Å². The minimum Gasteiger partial charge on any atom is -0.380 e. The zero-order valence-electron chi connectivity index (χ0n) is 12.2. The molecule has 2 heterocycles. The van der Waals surface area contributed by atoms with Crippen LogP contribution in [0.4, 0.5) is 0 Å². The average Bonchev–Trinajstić information content (AvgIpc) is 2.97. The lowest BCUT2D eigenvalue weighted by molar-refractivity contribution is 0.0938. The van der Waals surface area contributed by atoms with Crippen molar-refractivity contribution in [3.63, 3.8) is 0 Å². The molecule has 0 atom stereocenters. The van der Waals surface area contributed by atoms with Gasteiger partial charge in [-0.25, -0.2) is 4.98 Å². The molecule has 1 amide bonds. The first kappa shape index (κ1) is 14.8. The molecule has 0 fully saturated rings. The molecule has 6 nitrogen and oxygen atoms in total. The summed E-state index contributed by atoms with van der Waals surface area (Å²) in [4.78, 5) is 16.3. The van der Waals surface area contributed by atoms with E-state index in [0.717, 1.165) is 5.56 Å². The van der Waals surface area contributed by atoms with E-state index in [1.807, 2.05) is 19.9 Å². The number of nitrogens with zero attached hydrogens (tertiary/aromatic N) is 2. The van der Waals surface area contributed by atoms with Gasteiger partial charge in [-0.3, -0.25) is 9.89 Å². The van der Waals surface area contributed by atoms with E-state index in [0.29, 0.717) is 23.6 Å². The summed E-state index contributed by atoms with van der Waals surface area (Å²) in [5, 5.41) is 12.6. The molecular weight excluding hydrogens is 266 g/mol. The van der Waals surface area contributed by atoms with Gasteiger partial charge in [-0.15, -0.1) is 0 Å². The lowest BCUT2D eigenvalue weighted by Gasteiger charge is -2.11. The molecule has 0 aliphatic heterocycles. The van der Waals surface area contributed by atoms with Crippen LogP contribution in [0, 0.1) is 0 Å². The number of aromatic nitrogens is 3. The summed E-state index contributed by atoms with van der Waals surface area (Å²) < 4.78 is 0. The van der Waals surface area contributed by atoms with Crippen LogP contribution in [-0.4, -0.2) is 27.1 Å². The lowest BCUT2D eigenvalue weighted by atomic mass is 10.2. The van der Waals surface area contributed by atoms with Gasteiger partial charge in [0.05, 0.1) is 17.6 Å². The van der Waals surface area contributed by atoms with E-state index in [2.05, 4.69) is 32.4 Å². The zero-order valence-corrected chi connectivity index (χ0v) is 12.2. The van der Waals surface area contributed by atoms with Crippen LogP contribution in [0.5, 0.6) is 0 Å². The Labute approximate surface area is 123 Å². The summed E-state index contributed by atoms with van der Waals surface area (Å²) in [6.45, 7) is 8.37. The van der Waals surface area contributed by atoms with Crippen molar-refractivity contribution >= 4 is 11.6 Å². The monoisotopic (exact) mass is 285 g/mol. The summed E-state index contributed by atoms with van der Waals surface area (Å²) in [7, 11) is 0. The second kappa shape index (κ2) is 6.69. The van der Waals surface area contributed by atoms with E-state index in [1.54, 1.807) is 24.5 Å². The van der Waals surface area contributed by atoms with E-state index in [4.69, 9.17) is 0 Å². The SMILES string of the molecule is C=C(NCc1cn[nH]c1)c1cccc(C(=O)NC(C)C)n1. The number of nitrogens with one attached hydrogen (secondary N) is 3. The van der Waals surface area contributed by atoms with E-state index < -0.39 is 0 Å². The highest BCUT2D eigenvalue weighted by Gasteiger charge is 2.10. The summed E-state index contributed by atoms with van der Waals surface area (Å²) in [6, 6.07) is 5.37. The molecule has 0 aliphatic carbocycles. The number of pyridine rings is 1. The van der Waals surface area contributed by atoms with Crippen LogP contribution in [-0.2, 0) is 6.54 Å². The Kier molecular flexibility index (Phi) is 4.71. The first-order valence-corrected chi connectivity index (χ1v) is 6.75. The molecule has 0 aromatic carbocycles. The highest BCUT2D eigenvalue weighted by Crippen LogP contribution is 2.09. The molecular formula is C15H19N5O. The fraction of sp³-hybridized carbons (Fsp3) is 0.267. The molecule has 0 radical (unpaired) electrons. The fourth-order valence-electron chi connectivity index (χ4n) is 1.74. The van der Waals surface area contributed by atoms with Crippen LogP contribution in [0.25, 0.3) is 5.70 Å². The first-order valence-electron chi connectivity index (χ1n) is 6.75. The number of carbonyl (C=O) groups is 1. The maximum atomic E-state index is 11.9. The predicted molar refractivity (Wildman–Crippen MR) is 81.3 cm³/mol. The summed E-state index contributed by atoms with van der Waals surface area (Å²) in [5.41, 5.74) is 2.71. The molecule has 0 bridgehead atoms. The second-order valence-electron chi connectivity index (χ2n) is 4.97. The van der Waals surface area contributed by atoms with Crippen LogP contribution in [0.2, 0.25) is 0 Å². The van der Waals surface area contributed by atoms with Crippen molar-refractivity contribution in [2.45, 2.75) is 26.4 Å². The highest BCUT2D eigenvalue weighted by atomic mass is 16.1. The number of hydrogen-bond donors (Lipinski definition) is 3. The van der Waals surface area contributed by atoms with Crippen LogP contribution >= 0.6 is 0 Å². The van der Waals surface area contributed by atoms with Gasteiger partial charge >= 0.3 is 0 Å². The fourth-order valence-corrected chi connectivity index (χ4v) is 1.74. The molecule has 0 saturated heterocycles. The number of carbonyl (C=O) groups excluding carboxylic acids is 1. The van der Waals surface area contributed by atoms with E-state index >= 15 is 0 Å². The number of rotatable bonds is 6. The van der Waals surface area contributed by atoms with Crippen molar-refractivity contribution < 1.29 is 4.79 Å². The van der Waals surface area contributed by atoms with Crippen LogP contribution in [0.15, 0.2) is 37.2 Å². The average molecular weight is 285 g/mol. The van der Waals surface area contributed by atoms with Crippen molar-refractivity contribution in [1.29, 1.82) is 0 Å². The molecule has 0 spiro atoms. The Balaban J connectivity index is 2.02. The van der Waals surface area contributed by atoms with Crippen LogP contribution in [0.1, 0.15) is 35.6 Å². The Morgan fingerprint density at radius 3 is 2.81 bits per heavy atom. The molecule has 110 valence electrons. The summed E-state index contributed by atoms with van der Waals surface area (Å²) >= 11 is 0. The van der Waals surface area contributed by atoms with Crippen molar-refractivity contribution in [2.75, 3.05) is 0 Å². The molecule has 0 aliphatic rings. The molecule has 21 heavy (non-hydrogen) atoms. The van der Waals surface area contributed by atoms with Crippen molar-refractivity contribution in [1.82, 2.24) is 25.8 Å². The first-order chi connectivity index (χ1) is 10.1. The maximum absolute atomic E-state index is 11.9. The van der Waals surface area contributed by atoms with E-state index in [-0.39, 0.29) is 11.9 Å². The van der Waals surface area contributed by atoms with E-state index in [1.165, 1.54) is 0 Å². The highest BCUT2D eigenvalue weighted by molar-refractivity contribution is 5.92. The Morgan fingerprint density at radius 1 is 1.38 bits per heavy atom. The Morgan fingerprint density at radius 2 is 2.14 bits per heavy atom. The smallest absolute Gasteiger partial charge is 0.270 e. The van der Waals surface area contributed by atoms with Gasteiger partial charge in [-0.2, -0.15) is 5.10 Å². The lowest BCUT2D eigenvalue weighted by Crippen LogP contribution is -2.31. The Hall–Kier alpha value is -2.63.